The summed E-state index contributed by atoms with van der Waals surface area (Å²) >= 11 is 0. The Kier molecular flexibility index (Phi) is 4.35. The van der Waals surface area contributed by atoms with Crippen LogP contribution in [0.3, 0.4) is 0 Å². The van der Waals surface area contributed by atoms with Gasteiger partial charge in [-0.15, -0.1) is 0 Å². The lowest BCUT2D eigenvalue weighted by Gasteiger charge is -2.48. The molecule has 106 valence electrons. The summed E-state index contributed by atoms with van der Waals surface area (Å²) < 4.78 is 5.95. The van der Waals surface area contributed by atoms with Crippen molar-refractivity contribution in [3.8, 4) is 0 Å². The van der Waals surface area contributed by atoms with Gasteiger partial charge in [-0.2, -0.15) is 0 Å². The summed E-state index contributed by atoms with van der Waals surface area (Å²) in [6.07, 6.45) is 10.1. The van der Waals surface area contributed by atoms with Gasteiger partial charge in [-0.1, -0.05) is 33.1 Å². The van der Waals surface area contributed by atoms with E-state index in [1.54, 1.807) is 0 Å². The van der Waals surface area contributed by atoms with Gasteiger partial charge in [0.2, 0.25) is 0 Å². The molecule has 0 aromatic rings. The Balaban J connectivity index is 2.00. The van der Waals surface area contributed by atoms with Crippen LogP contribution in [0.1, 0.15) is 65.2 Å². The molecule has 1 unspecified atom stereocenters. The second kappa shape index (κ2) is 5.48. The van der Waals surface area contributed by atoms with Gasteiger partial charge in [0, 0.05) is 7.11 Å². The minimum atomic E-state index is -0.0279. The van der Waals surface area contributed by atoms with Crippen LogP contribution in [-0.4, -0.2) is 18.8 Å². The molecule has 2 rings (SSSR count). The first-order valence-electron chi connectivity index (χ1n) is 7.53. The fourth-order valence-electron chi connectivity index (χ4n) is 3.54. The van der Waals surface area contributed by atoms with Gasteiger partial charge in [-0.25, -0.2) is 0 Å². The van der Waals surface area contributed by atoms with E-state index in [0.717, 1.165) is 18.8 Å². The van der Waals surface area contributed by atoms with Crippen LogP contribution in [0.15, 0.2) is 0 Å². The molecular weight excluding hydrogens is 224 g/mol. The van der Waals surface area contributed by atoms with E-state index in [4.69, 9.17) is 10.6 Å². The molecule has 0 heterocycles. The Bertz CT molecular complexity index is 264. The Labute approximate surface area is 112 Å². The van der Waals surface area contributed by atoms with E-state index >= 15 is 0 Å². The van der Waals surface area contributed by atoms with Gasteiger partial charge in [0.25, 0.3) is 0 Å². The predicted octanol–water partition coefficient (Wildman–Crippen LogP) is 2.99. The Hall–Kier alpha value is -0.120. The van der Waals surface area contributed by atoms with Gasteiger partial charge in [0.15, 0.2) is 0 Å². The van der Waals surface area contributed by atoms with E-state index in [2.05, 4.69) is 19.3 Å². The first-order valence-corrected chi connectivity index (χ1v) is 7.53. The van der Waals surface area contributed by atoms with Crippen LogP contribution in [0.5, 0.6) is 0 Å². The highest BCUT2D eigenvalue weighted by Gasteiger charge is 2.44. The van der Waals surface area contributed by atoms with Gasteiger partial charge in [0.05, 0.1) is 11.6 Å². The van der Waals surface area contributed by atoms with Crippen LogP contribution < -0.4 is 11.3 Å². The zero-order valence-electron chi connectivity index (χ0n) is 12.3. The summed E-state index contributed by atoms with van der Waals surface area (Å²) in [4.78, 5) is 0. The van der Waals surface area contributed by atoms with E-state index in [-0.39, 0.29) is 5.60 Å². The Morgan fingerprint density at radius 2 is 1.83 bits per heavy atom. The molecular formula is C15H30N2O. The topological polar surface area (TPSA) is 47.3 Å². The molecule has 0 aromatic carbocycles. The van der Waals surface area contributed by atoms with Gasteiger partial charge >= 0.3 is 0 Å². The van der Waals surface area contributed by atoms with Crippen LogP contribution in [0.4, 0.5) is 0 Å². The number of hydrazine groups is 1. The van der Waals surface area contributed by atoms with E-state index in [0.29, 0.717) is 11.5 Å². The van der Waals surface area contributed by atoms with Gasteiger partial charge in [-0.05, 0) is 43.4 Å². The van der Waals surface area contributed by atoms with Gasteiger partial charge in [-0.3, -0.25) is 11.3 Å². The molecule has 18 heavy (non-hydrogen) atoms. The van der Waals surface area contributed by atoms with Crippen molar-refractivity contribution in [3.63, 3.8) is 0 Å². The van der Waals surface area contributed by atoms with E-state index in [1.165, 1.54) is 38.5 Å². The average molecular weight is 254 g/mol. The van der Waals surface area contributed by atoms with Crippen molar-refractivity contribution >= 4 is 0 Å². The predicted molar refractivity (Wildman–Crippen MR) is 75.1 cm³/mol. The van der Waals surface area contributed by atoms with Crippen molar-refractivity contribution in [3.05, 3.63) is 0 Å². The van der Waals surface area contributed by atoms with Crippen LogP contribution in [-0.2, 0) is 4.74 Å². The van der Waals surface area contributed by atoms with E-state index in [9.17, 15) is 0 Å². The Morgan fingerprint density at radius 3 is 2.22 bits per heavy atom. The number of methoxy groups -OCH3 is 1. The van der Waals surface area contributed by atoms with Crippen LogP contribution in [0.2, 0.25) is 0 Å². The number of ether oxygens (including phenoxy) is 1. The Morgan fingerprint density at radius 1 is 1.22 bits per heavy atom. The zero-order valence-corrected chi connectivity index (χ0v) is 12.3. The maximum absolute atomic E-state index is 5.95. The summed E-state index contributed by atoms with van der Waals surface area (Å²) in [6, 6.07) is 0.323. The molecule has 3 N–H and O–H groups in total. The summed E-state index contributed by atoms with van der Waals surface area (Å²) in [5.41, 5.74) is 3.51. The molecule has 3 nitrogen and oxygen atoms in total. The van der Waals surface area contributed by atoms with Crippen LogP contribution in [0, 0.1) is 11.3 Å². The molecule has 3 heteroatoms. The minimum Gasteiger partial charge on any atom is -0.377 e. The molecule has 2 aliphatic carbocycles. The van der Waals surface area contributed by atoms with Gasteiger partial charge in [0.1, 0.15) is 0 Å². The fraction of sp³-hybridized carbons (Fsp3) is 1.00. The highest BCUT2D eigenvalue weighted by atomic mass is 16.5. The molecule has 2 saturated carbocycles. The first-order chi connectivity index (χ1) is 8.51. The summed E-state index contributed by atoms with van der Waals surface area (Å²) in [5.74, 6) is 6.70. The lowest BCUT2D eigenvalue weighted by Crippen LogP contribution is -2.57. The molecule has 2 aliphatic rings. The third-order valence-electron chi connectivity index (χ3n) is 5.49. The lowest BCUT2D eigenvalue weighted by molar-refractivity contribution is -0.0926. The third kappa shape index (κ3) is 2.89. The van der Waals surface area contributed by atoms with Crippen LogP contribution in [0.25, 0.3) is 0 Å². The lowest BCUT2D eigenvalue weighted by atomic mass is 9.66. The second-order valence-corrected chi connectivity index (χ2v) is 7.18. The molecule has 2 fully saturated rings. The van der Waals surface area contributed by atoms with Crippen molar-refractivity contribution in [2.45, 2.75) is 76.9 Å². The standard InChI is InChI=1S/C15H30N2O/c1-14(2)7-9-15(18-3,10-8-14)13(17-16)11-12-5-4-6-12/h12-13,17H,4-11,16H2,1-3H3. The number of nitrogens with two attached hydrogens (primary N) is 1. The zero-order chi connectivity index (χ0) is 13.2. The highest BCUT2D eigenvalue weighted by molar-refractivity contribution is 4.99. The largest absolute Gasteiger partial charge is 0.377 e. The molecule has 0 amide bonds. The van der Waals surface area contributed by atoms with Crippen molar-refractivity contribution in [2.24, 2.45) is 17.2 Å². The monoisotopic (exact) mass is 254 g/mol. The van der Waals surface area contributed by atoms with E-state index in [1.807, 2.05) is 7.11 Å². The number of hydrogen-bond donors (Lipinski definition) is 2. The molecule has 0 aromatic heterocycles. The molecule has 0 aliphatic heterocycles. The molecule has 0 spiro atoms. The summed E-state index contributed by atoms with van der Waals surface area (Å²) in [7, 11) is 1.86. The van der Waals surface area contributed by atoms with Crippen molar-refractivity contribution in [1.29, 1.82) is 0 Å². The third-order valence-corrected chi connectivity index (χ3v) is 5.49. The number of hydrogen-bond acceptors (Lipinski definition) is 3. The second-order valence-electron chi connectivity index (χ2n) is 7.18. The highest BCUT2D eigenvalue weighted by Crippen LogP contribution is 2.45. The van der Waals surface area contributed by atoms with Crippen molar-refractivity contribution < 1.29 is 4.74 Å². The van der Waals surface area contributed by atoms with Crippen molar-refractivity contribution in [1.82, 2.24) is 5.43 Å². The smallest absolute Gasteiger partial charge is 0.0844 e. The summed E-state index contributed by atoms with van der Waals surface area (Å²) in [5, 5.41) is 0. The molecule has 0 bridgehead atoms. The average Bonchev–Trinajstić information content (AvgIpc) is 2.30. The molecule has 1 atom stereocenters. The van der Waals surface area contributed by atoms with Crippen LogP contribution >= 0.6 is 0 Å². The first kappa shape index (κ1) is 14.3. The maximum atomic E-state index is 5.95. The SMILES string of the molecule is COC1(C(CC2CCC2)NN)CCC(C)(C)CC1. The number of rotatable bonds is 5. The van der Waals surface area contributed by atoms with Gasteiger partial charge < -0.3 is 4.74 Å². The van der Waals surface area contributed by atoms with E-state index < -0.39 is 0 Å². The normalized spacial score (nSPS) is 28.7. The summed E-state index contributed by atoms with van der Waals surface area (Å²) in [6.45, 7) is 4.73. The minimum absolute atomic E-state index is 0.0279. The molecule has 0 saturated heterocycles. The molecule has 0 radical (unpaired) electrons. The van der Waals surface area contributed by atoms with Crippen molar-refractivity contribution in [2.75, 3.05) is 7.11 Å². The maximum Gasteiger partial charge on any atom is 0.0844 e. The quantitative estimate of drug-likeness (QED) is 0.585. The number of nitrogens with one attached hydrogen (secondary N) is 1. The fourth-order valence-corrected chi connectivity index (χ4v) is 3.54.